The molecule has 2 aromatic carbocycles. The van der Waals surface area contributed by atoms with Gasteiger partial charge in [0.05, 0.1) is 12.4 Å². The average molecular weight is 450 g/mol. The van der Waals surface area contributed by atoms with Crippen molar-refractivity contribution in [1.29, 1.82) is 0 Å². The zero-order chi connectivity index (χ0) is 22.4. The van der Waals surface area contributed by atoms with E-state index in [4.69, 9.17) is 4.74 Å². The van der Waals surface area contributed by atoms with Crippen molar-refractivity contribution in [2.24, 2.45) is 0 Å². The Balaban J connectivity index is 1.54. The fourth-order valence-electron chi connectivity index (χ4n) is 3.62. The number of methoxy groups -OCH3 is 1. The lowest BCUT2D eigenvalue weighted by Gasteiger charge is -2.36. The summed E-state index contributed by atoms with van der Waals surface area (Å²) in [6.07, 6.45) is 1.16. The Hall–Kier alpha value is -2.49. The van der Waals surface area contributed by atoms with Crippen LogP contribution in [-0.2, 0) is 14.8 Å². The maximum Gasteiger partial charge on any atom is 0.321 e. The smallest absolute Gasteiger partial charge is 0.321 e. The van der Waals surface area contributed by atoms with Crippen molar-refractivity contribution in [2.45, 2.75) is 18.9 Å². The second-order valence-electron chi connectivity index (χ2n) is 7.57. The molecule has 0 atom stereocenters. The van der Waals surface area contributed by atoms with Crippen LogP contribution in [0.4, 0.5) is 14.9 Å². The summed E-state index contributed by atoms with van der Waals surface area (Å²) in [5.41, 5.74) is 2.26. The van der Waals surface area contributed by atoms with Crippen LogP contribution in [0.1, 0.15) is 12.8 Å². The predicted octanol–water partition coefficient (Wildman–Crippen LogP) is 3.40. The average Bonchev–Trinajstić information content (AvgIpc) is 2.78. The molecule has 1 N–H and O–H groups in total. The van der Waals surface area contributed by atoms with Gasteiger partial charge in [0.15, 0.2) is 0 Å². The molecule has 0 aliphatic carbocycles. The lowest BCUT2D eigenvalue weighted by atomic mass is 10.1. The Labute approximate surface area is 182 Å². The first-order chi connectivity index (χ1) is 14.8. The van der Waals surface area contributed by atoms with Crippen LogP contribution >= 0.6 is 0 Å². The highest BCUT2D eigenvalue weighted by molar-refractivity contribution is 7.89. The maximum absolute atomic E-state index is 13.4. The van der Waals surface area contributed by atoms with Gasteiger partial charge in [0.25, 0.3) is 0 Å². The largest absolute Gasteiger partial charge is 0.384 e. The van der Waals surface area contributed by atoms with E-state index in [1.807, 2.05) is 18.2 Å². The minimum Gasteiger partial charge on any atom is -0.384 e. The van der Waals surface area contributed by atoms with Gasteiger partial charge in [-0.05, 0) is 48.2 Å². The molecule has 0 bridgehead atoms. The number of nitrogens with one attached hydrogen (secondary N) is 1. The third-order valence-corrected chi connectivity index (χ3v) is 7.36. The van der Waals surface area contributed by atoms with Crippen molar-refractivity contribution in [2.75, 3.05) is 44.9 Å². The summed E-state index contributed by atoms with van der Waals surface area (Å²) in [5, 5.41) is 2.86. The molecule has 1 fully saturated rings. The first kappa shape index (κ1) is 23.2. The van der Waals surface area contributed by atoms with Gasteiger partial charge in [-0.25, -0.2) is 21.9 Å². The molecule has 1 heterocycles. The molecule has 1 aliphatic heterocycles. The number of anilines is 1. The van der Waals surface area contributed by atoms with Gasteiger partial charge >= 0.3 is 6.03 Å². The van der Waals surface area contributed by atoms with Crippen molar-refractivity contribution in [3.8, 4) is 11.1 Å². The number of urea groups is 1. The highest BCUT2D eigenvalue weighted by atomic mass is 32.2. The highest BCUT2D eigenvalue weighted by Gasteiger charge is 2.30. The Morgan fingerprint density at radius 3 is 2.45 bits per heavy atom. The third kappa shape index (κ3) is 6.03. The summed E-state index contributed by atoms with van der Waals surface area (Å²) in [4.78, 5) is 14.3. The fourth-order valence-corrected chi connectivity index (χ4v) is 5.02. The molecule has 1 aliphatic rings. The van der Waals surface area contributed by atoms with Crippen molar-refractivity contribution >= 4 is 21.7 Å². The van der Waals surface area contributed by atoms with E-state index < -0.39 is 10.0 Å². The first-order valence-electron chi connectivity index (χ1n) is 10.2. The second kappa shape index (κ2) is 10.2. The van der Waals surface area contributed by atoms with Crippen LogP contribution in [0.15, 0.2) is 48.5 Å². The number of sulfonamides is 1. The number of amides is 2. The first-order valence-corrected chi connectivity index (χ1v) is 11.8. The zero-order valence-electron chi connectivity index (χ0n) is 17.8. The molecule has 1 saturated heterocycles. The molecule has 0 unspecified atom stereocenters. The van der Waals surface area contributed by atoms with E-state index in [2.05, 4.69) is 5.32 Å². The van der Waals surface area contributed by atoms with E-state index in [0.29, 0.717) is 31.6 Å². The molecule has 2 amide bonds. The van der Waals surface area contributed by atoms with E-state index in [0.717, 1.165) is 11.1 Å². The lowest BCUT2D eigenvalue weighted by molar-refractivity contribution is 0.173. The van der Waals surface area contributed by atoms with Gasteiger partial charge in [0.2, 0.25) is 10.0 Å². The number of benzene rings is 2. The molecule has 2 aromatic rings. The summed E-state index contributed by atoms with van der Waals surface area (Å²) in [7, 11) is -0.132. The van der Waals surface area contributed by atoms with Gasteiger partial charge in [0, 0.05) is 39.0 Å². The van der Waals surface area contributed by atoms with Gasteiger partial charge in [-0.15, -0.1) is 0 Å². The predicted molar refractivity (Wildman–Crippen MR) is 119 cm³/mol. The number of rotatable bonds is 7. The fraction of sp³-hybridized carbons (Fsp3) is 0.409. The number of halogens is 1. The van der Waals surface area contributed by atoms with E-state index >= 15 is 0 Å². The number of nitrogens with zero attached hydrogens (tertiary/aromatic N) is 2. The van der Waals surface area contributed by atoms with E-state index in [1.54, 1.807) is 30.1 Å². The Morgan fingerprint density at radius 1 is 1.16 bits per heavy atom. The van der Waals surface area contributed by atoms with Crippen LogP contribution in [0.25, 0.3) is 11.1 Å². The quantitative estimate of drug-likeness (QED) is 0.703. The van der Waals surface area contributed by atoms with E-state index in [1.165, 1.54) is 23.5 Å². The summed E-state index contributed by atoms with van der Waals surface area (Å²) in [6.45, 7) is 0.940. The SMILES string of the molecule is COCCS(=O)(=O)N1CCC(N(C)C(=O)Nc2ccc(-c3cccc(F)c3)cc2)CC1. The van der Waals surface area contributed by atoms with Crippen molar-refractivity contribution < 1.29 is 22.3 Å². The molecule has 0 radical (unpaired) electrons. The Kier molecular flexibility index (Phi) is 7.64. The number of piperidine rings is 1. The number of hydrogen-bond acceptors (Lipinski definition) is 4. The zero-order valence-corrected chi connectivity index (χ0v) is 18.6. The summed E-state index contributed by atoms with van der Waals surface area (Å²) in [6, 6.07) is 13.3. The van der Waals surface area contributed by atoms with Crippen LogP contribution in [-0.4, -0.2) is 69.3 Å². The minimum atomic E-state index is -3.33. The third-order valence-electron chi connectivity index (χ3n) is 5.52. The Morgan fingerprint density at radius 2 is 1.84 bits per heavy atom. The molecule has 31 heavy (non-hydrogen) atoms. The van der Waals surface area contributed by atoms with E-state index in [9.17, 15) is 17.6 Å². The van der Waals surface area contributed by atoms with Crippen LogP contribution in [0.2, 0.25) is 0 Å². The molecular formula is C22H28FN3O4S. The van der Waals surface area contributed by atoms with Crippen LogP contribution in [0.5, 0.6) is 0 Å². The van der Waals surface area contributed by atoms with E-state index in [-0.39, 0.29) is 30.2 Å². The second-order valence-corrected chi connectivity index (χ2v) is 9.66. The van der Waals surface area contributed by atoms with Crippen molar-refractivity contribution in [3.05, 3.63) is 54.3 Å². The molecular weight excluding hydrogens is 421 g/mol. The number of ether oxygens (including phenoxy) is 1. The van der Waals surface area contributed by atoms with Crippen LogP contribution in [0.3, 0.4) is 0 Å². The molecule has 0 saturated carbocycles. The van der Waals surface area contributed by atoms with Crippen LogP contribution < -0.4 is 5.32 Å². The topological polar surface area (TPSA) is 79.0 Å². The molecule has 3 rings (SSSR count). The molecule has 0 spiro atoms. The maximum atomic E-state index is 13.4. The molecule has 168 valence electrons. The summed E-state index contributed by atoms with van der Waals surface area (Å²) >= 11 is 0. The van der Waals surface area contributed by atoms with Gasteiger partial charge in [-0.2, -0.15) is 0 Å². The molecule has 9 heteroatoms. The minimum absolute atomic E-state index is 0.0316. The summed E-state index contributed by atoms with van der Waals surface area (Å²) in [5.74, 6) is -0.329. The summed E-state index contributed by atoms with van der Waals surface area (Å²) < 4.78 is 44.3. The molecule has 0 aromatic heterocycles. The monoisotopic (exact) mass is 449 g/mol. The molecule has 7 nitrogen and oxygen atoms in total. The van der Waals surface area contributed by atoms with Crippen LogP contribution in [0, 0.1) is 5.82 Å². The highest BCUT2D eigenvalue weighted by Crippen LogP contribution is 2.23. The number of carbonyl (C=O) groups is 1. The van der Waals surface area contributed by atoms with Gasteiger partial charge < -0.3 is 15.0 Å². The van der Waals surface area contributed by atoms with Gasteiger partial charge in [-0.1, -0.05) is 24.3 Å². The lowest BCUT2D eigenvalue weighted by Crippen LogP contribution is -2.48. The standard InChI is InChI=1S/C22H28FN3O4S/c1-25(21-10-12-26(13-11-21)31(28,29)15-14-30-2)22(27)24-20-8-6-17(7-9-20)18-4-3-5-19(23)16-18/h3-9,16,21H,10-15H2,1-2H3,(H,24,27). The van der Waals surface area contributed by atoms with Gasteiger partial charge in [-0.3, -0.25) is 0 Å². The van der Waals surface area contributed by atoms with Gasteiger partial charge in [0.1, 0.15) is 5.82 Å². The number of hydrogen-bond donors (Lipinski definition) is 1. The normalized spacial score (nSPS) is 15.6. The number of carbonyl (C=O) groups excluding carboxylic acids is 1. The van der Waals surface area contributed by atoms with Crippen molar-refractivity contribution in [3.63, 3.8) is 0 Å². The van der Waals surface area contributed by atoms with Crippen molar-refractivity contribution in [1.82, 2.24) is 9.21 Å². The Bertz CT molecular complexity index is 990.